The molecule has 0 spiro atoms. The van der Waals surface area contributed by atoms with E-state index in [4.69, 9.17) is 4.98 Å². The molecule has 0 fully saturated rings. The minimum absolute atomic E-state index is 0.209. The predicted octanol–water partition coefficient (Wildman–Crippen LogP) is 3.14. The molecular weight excluding hydrogens is 282 g/mol. The maximum Gasteiger partial charge on any atom is 0.228 e. The molecule has 2 aromatic rings. The van der Waals surface area contributed by atoms with Gasteiger partial charge in [0.05, 0.1) is 17.9 Å². The van der Waals surface area contributed by atoms with Crippen LogP contribution in [0.25, 0.3) is 10.7 Å². The first-order chi connectivity index (χ1) is 9.95. The smallest absolute Gasteiger partial charge is 0.228 e. The number of thiazole rings is 1. The van der Waals surface area contributed by atoms with Crippen LogP contribution in [0.1, 0.15) is 31.3 Å². The third kappa shape index (κ3) is 2.83. The van der Waals surface area contributed by atoms with E-state index in [1.54, 1.807) is 17.5 Å². The molecule has 1 aliphatic rings. The van der Waals surface area contributed by atoms with Crippen molar-refractivity contribution in [3.63, 3.8) is 0 Å². The van der Waals surface area contributed by atoms with Crippen molar-refractivity contribution in [2.24, 2.45) is 5.41 Å². The van der Waals surface area contributed by atoms with Gasteiger partial charge in [-0.3, -0.25) is 9.78 Å². The Labute approximate surface area is 128 Å². The maximum absolute atomic E-state index is 12.4. The summed E-state index contributed by atoms with van der Waals surface area (Å²) in [6.07, 6.45) is 2.62. The molecule has 3 heterocycles. The third-order valence-electron chi connectivity index (χ3n) is 3.54. The van der Waals surface area contributed by atoms with Gasteiger partial charge in [0.25, 0.3) is 0 Å². The van der Waals surface area contributed by atoms with Crippen molar-refractivity contribution < 1.29 is 4.79 Å². The number of hydrogen-bond donors (Lipinski definition) is 0. The largest absolute Gasteiger partial charge is 0.337 e. The summed E-state index contributed by atoms with van der Waals surface area (Å²) in [7, 11) is 0. The zero-order chi connectivity index (χ0) is 15.0. The SMILES string of the molecule is CC(C)(C)C(=O)N1CCc2nc(-c3ccccn3)sc2C1. The molecule has 110 valence electrons. The number of amides is 1. The fourth-order valence-electron chi connectivity index (χ4n) is 2.44. The van der Waals surface area contributed by atoms with Gasteiger partial charge in [-0.15, -0.1) is 11.3 Å². The van der Waals surface area contributed by atoms with Crippen molar-refractivity contribution in [2.45, 2.75) is 33.7 Å². The summed E-state index contributed by atoms with van der Waals surface area (Å²) in [6, 6.07) is 5.85. The fraction of sp³-hybridized carbons (Fsp3) is 0.438. The lowest BCUT2D eigenvalue weighted by atomic mass is 9.94. The minimum Gasteiger partial charge on any atom is -0.337 e. The topological polar surface area (TPSA) is 46.1 Å². The summed E-state index contributed by atoms with van der Waals surface area (Å²) in [5.41, 5.74) is 1.70. The average molecular weight is 301 g/mol. The first-order valence-electron chi connectivity index (χ1n) is 7.14. The second-order valence-electron chi connectivity index (χ2n) is 6.33. The van der Waals surface area contributed by atoms with Crippen LogP contribution in [0.4, 0.5) is 0 Å². The molecule has 2 aromatic heterocycles. The average Bonchev–Trinajstić information content (AvgIpc) is 2.89. The molecule has 0 radical (unpaired) electrons. The van der Waals surface area contributed by atoms with Crippen LogP contribution in [0.5, 0.6) is 0 Å². The molecule has 0 aliphatic carbocycles. The second kappa shape index (κ2) is 5.22. The van der Waals surface area contributed by atoms with E-state index < -0.39 is 0 Å². The van der Waals surface area contributed by atoms with Crippen LogP contribution in [0.2, 0.25) is 0 Å². The lowest BCUT2D eigenvalue weighted by Crippen LogP contribution is -2.42. The molecular formula is C16H19N3OS. The molecule has 4 nitrogen and oxygen atoms in total. The lowest BCUT2D eigenvalue weighted by molar-refractivity contribution is -0.140. The Hall–Kier alpha value is -1.75. The summed E-state index contributed by atoms with van der Waals surface area (Å²) in [5, 5.41) is 0.950. The van der Waals surface area contributed by atoms with Crippen molar-refractivity contribution in [2.75, 3.05) is 6.54 Å². The summed E-state index contributed by atoms with van der Waals surface area (Å²) in [6.45, 7) is 7.34. The Bertz CT molecular complexity index is 658. The standard InChI is InChI=1S/C16H19N3OS/c1-16(2,3)15(20)19-9-7-11-13(10-19)21-14(18-11)12-6-4-5-8-17-12/h4-6,8H,7,9-10H2,1-3H3. The molecule has 21 heavy (non-hydrogen) atoms. The highest BCUT2D eigenvalue weighted by molar-refractivity contribution is 7.15. The van der Waals surface area contributed by atoms with E-state index in [0.717, 1.165) is 29.4 Å². The Balaban J connectivity index is 1.84. The summed E-state index contributed by atoms with van der Waals surface area (Å²) in [5.74, 6) is 0.209. The minimum atomic E-state index is -0.327. The van der Waals surface area contributed by atoms with Crippen LogP contribution in [-0.4, -0.2) is 27.3 Å². The number of rotatable bonds is 1. The third-order valence-corrected chi connectivity index (χ3v) is 4.65. The normalized spacial score (nSPS) is 14.9. The van der Waals surface area contributed by atoms with Crippen molar-refractivity contribution in [3.05, 3.63) is 35.0 Å². The van der Waals surface area contributed by atoms with Crippen molar-refractivity contribution in [1.82, 2.24) is 14.9 Å². The Kier molecular flexibility index (Phi) is 3.53. The number of pyridine rings is 1. The highest BCUT2D eigenvalue weighted by Crippen LogP contribution is 2.32. The second-order valence-corrected chi connectivity index (χ2v) is 7.41. The van der Waals surface area contributed by atoms with Crippen LogP contribution in [-0.2, 0) is 17.8 Å². The van der Waals surface area contributed by atoms with Gasteiger partial charge in [0, 0.05) is 29.5 Å². The van der Waals surface area contributed by atoms with Gasteiger partial charge in [-0.2, -0.15) is 0 Å². The summed E-state index contributed by atoms with van der Waals surface area (Å²) < 4.78 is 0. The van der Waals surface area contributed by atoms with Crippen molar-refractivity contribution in [1.29, 1.82) is 0 Å². The van der Waals surface area contributed by atoms with E-state index in [9.17, 15) is 4.79 Å². The number of aromatic nitrogens is 2. The van der Waals surface area contributed by atoms with Gasteiger partial charge in [0.15, 0.2) is 0 Å². The first kappa shape index (κ1) is 14.2. The summed E-state index contributed by atoms with van der Waals surface area (Å²) in [4.78, 5) is 24.6. The Morgan fingerprint density at radius 1 is 1.33 bits per heavy atom. The molecule has 1 amide bonds. The summed E-state index contributed by atoms with van der Waals surface area (Å²) >= 11 is 1.65. The highest BCUT2D eigenvalue weighted by atomic mass is 32.1. The quantitative estimate of drug-likeness (QED) is 0.813. The van der Waals surface area contributed by atoms with Gasteiger partial charge in [0.1, 0.15) is 5.01 Å². The zero-order valence-electron chi connectivity index (χ0n) is 12.6. The van der Waals surface area contributed by atoms with Gasteiger partial charge >= 0.3 is 0 Å². The highest BCUT2D eigenvalue weighted by Gasteiger charge is 2.31. The van der Waals surface area contributed by atoms with Gasteiger partial charge in [0.2, 0.25) is 5.91 Å². The molecule has 0 unspecified atom stereocenters. The molecule has 0 saturated heterocycles. The molecule has 0 saturated carbocycles. The van der Waals surface area contributed by atoms with E-state index >= 15 is 0 Å². The lowest BCUT2D eigenvalue weighted by Gasteiger charge is -2.31. The van der Waals surface area contributed by atoms with Crippen LogP contribution >= 0.6 is 11.3 Å². The van der Waals surface area contributed by atoms with Gasteiger partial charge < -0.3 is 4.90 Å². The van der Waals surface area contributed by atoms with Gasteiger partial charge in [-0.05, 0) is 12.1 Å². The molecule has 0 N–H and O–H groups in total. The Morgan fingerprint density at radius 2 is 2.14 bits per heavy atom. The van der Waals surface area contributed by atoms with Gasteiger partial charge in [-0.25, -0.2) is 4.98 Å². The first-order valence-corrected chi connectivity index (χ1v) is 7.96. The van der Waals surface area contributed by atoms with E-state index in [0.29, 0.717) is 6.54 Å². The molecule has 0 aromatic carbocycles. The molecule has 0 atom stereocenters. The van der Waals surface area contributed by atoms with E-state index in [-0.39, 0.29) is 11.3 Å². The van der Waals surface area contributed by atoms with E-state index in [1.807, 2.05) is 43.9 Å². The van der Waals surface area contributed by atoms with E-state index in [2.05, 4.69) is 4.98 Å². The maximum atomic E-state index is 12.4. The molecule has 5 heteroatoms. The molecule has 3 rings (SSSR count). The van der Waals surface area contributed by atoms with Crippen molar-refractivity contribution in [3.8, 4) is 10.7 Å². The van der Waals surface area contributed by atoms with Gasteiger partial charge in [-0.1, -0.05) is 26.8 Å². The van der Waals surface area contributed by atoms with Crippen LogP contribution in [0.3, 0.4) is 0 Å². The molecule has 1 aliphatic heterocycles. The molecule has 0 bridgehead atoms. The number of nitrogens with zero attached hydrogens (tertiary/aromatic N) is 3. The predicted molar refractivity (Wildman–Crippen MR) is 83.9 cm³/mol. The number of carbonyl (C=O) groups excluding carboxylic acids is 1. The van der Waals surface area contributed by atoms with Crippen molar-refractivity contribution >= 4 is 17.2 Å². The monoisotopic (exact) mass is 301 g/mol. The van der Waals surface area contributed by atoms with Crippen LogP contribution in [0.15, 0.2) is 24.4 Å². The van der Waals surface area contributed by atoms with E-state index in [1.165, 1.54) is 4.88 Å². The Morgan fingerprint density at radius 3 is 2.81 bits per heavy atom. The zero-order valence-corrected chi connectivity index (χ0v) is 13.4. The van der Waals surface area contributed by atoms with Crippen LogP contribution in [0, 0.1) is 5.41 Å². The number of fused-ring (bicyclic) bond motifs is 1. The van der Waals surface area contributed by atoms with Crippen LogP contribution < -0.4 is 0 Å². The number of hydrogen-bond acceptors (Lipinski definition) is 4. The fourth-order valence-corrected chi connectivity index (χ4v) is 3.54. The number of carbonyl (C=O) groups is 1.